The summed E-state index contributed by atoms with van der Waals surface area (Å²) in [7, 11) is 0. The molecular weight excluding hydrogens is 330 g/mol. The number of carbonyl (C=O) groups excluding carboxylic acids is 2. The Labute approximate surface area is 150 Å². The van der Waals surface area contributed by atoms with E-state index in [0.29, 0.717) is 16.8 Å². The van der Waals surface area contributed by atoms with Crippen LogP contribution in [-0.2, 0) is 4.79 Å². The fourth-order valence-electron chi connectivity index (χ4n) is 2.78. The zero-order chi connectivity index (χ0) is 18.1. The van der Waals surface area contributed by atoms with Gasteiger partial charge < -0.3 is 15.2 Å². The lowest BCUT2D eigenvalue weighted by atomic mass is 10.1. The maximum atomic E-state index is 12.5. The van der Waals surface area contributed by atoms with E-state index in [1.54, 1.807) is 25.1 Å². The predicted molar refractivity (Wildman–Crippen MR) is 97.5 cm³/mol. The molecule has 1 fully saturated rings. The molecule has 0 saturated heterocycles. The first-order chi connectivity index (χ1) is 12.6. The van der Waals surface area contributed by atoms with Gasteiger partial charge >= 0.3 is 0 Å². The topological polar surface area (TPSA) is 84.2 Å². The van der Waals surface area contributed by atoms with Crippen LogP contribution in [0.2, 0.25) is 0 Å². The number of amides is 2. The van der Waals surface area contributed by atoms with Crippen LogP contribution in [0.25, 0.3) is 22.2 Å². The van der Waals surface area contributed by atoms with Gasteiger partial charge in [0.1, 0.15) is 11.6 Å². The molecule has 0 unspecified atom stereocenters. The summed E-state index contributed by atoms with van der Waals surface area (Å²) >= 11 is 0. The van der Waals surface area contributed by atoms with Crippen molar-refractivity contribution in [3.8, 4) is 11.3 Å². The van der Waals surface area contributed by atoms with E-state index in [2.05, 4.69) is 15.8 Å². The van der Waals surface area contributed by atoms with Gasteiger partial charge in [0.05, 0.1) is 5.39 Å². The molecule has 4 rings (SSSR count). The van der Waals surface area contributed by atoms with E-state index in [9.17, 15) is 9.59 Å². The highest BCUT2D eigenvalue weighted by atomic mass is 16.5. The van der Waals surface area contributed by atoms with Gasteiger partial charge in [-0.25, -0.2) is 0 Å². The molecule has 0 aliphatic heterocycles. The Morgan fingerprint density at radius 3 is 2.65 bits per heavy atom. The molecule has 26 heavy (non-hydrogen) atoms. The SMILES string of the molecule is C[C@@H](NC(=O)c1ccc2noc(-c3ccccc3)c2c1)C(=O)NC1CC1. The zero-order valence-electron chi connectivity index (χ0n) is 14.4. The van der Waals surface area contributed by atoms with E-state index in [1.165, 1.54) is 0 Å². The zero-order valence-corrected chi connectivity index (χ0v) is 14.4. The maximum absolute atomic E-state index is 12.5. The Morgan fingerprint density at radius 1 is 1.15 bits per heavy atom. The fourth-order valence-corrected chi connectivity index (χ4v) is 2.78. The summed E-state index contributed by atoms with van der Waals surface area (Å²) < 4.78 is 5.46. The summed E-state index contributed by atoms with van der Waals surface area (Å²) in [5.41, 5.74) is 2.04. The Morgan fingerprint density at radius 2 is 1.92 bits per heavy atom. The molecule has 3 aromatic rings. The largest absolute Gasteiger partial charge is 0.355 e. The Balaban J connectivity index is 1.56. The first kappa shape index (κ1) is 16.3. The molecule has 0 spiro atoms. The van der Waals surface area contributed by atoms with Crippen molar-refractivity contribution in [2.24, 2.45) is 0 Å². The lowest BCUT2D eigenvalue weighted by Gasteiger charge is -2.13. The third-order valence-electron chi connectivity index (χ3n) is 4.44. The summed E-state index contributed by atoms with van der Waals surface area (Å²) in [5, 5.41) is 10.4. The van der Waals surface area contributed by atoms with Gasteiger partial charge in [0.25, 0.3) is 5.91 Å². The van der Waals surface area contributed by atoms with E-state index < -0.39 is 6.04 Å². The molecule has 0 bridgehead atoms. The fraction of sp³-hybridized carbons (Fsp3) is 0.250. The lowest BCUT2D eigenvalue weighted by Crippen LogP contribution is -2.45. The van der Waals surface area contributed by atoms with Gasteiger partial charge in [0.15, 0.2) is 5.76 Å². The highest BCUT2D eigenvalue weighted by Crippen LogP contribution is 2.29. The molecule has 1 aliphatic carbocycles. The number of carbonyl (C=O) groups is 2. The normalized spacial score (nSPS) is 14.8. The third kappa shape index (κ3) is 3.31. The average Bonchev–Trinajstić information content (AvgIpc) is 3.37. The van der Waals surface area contributed by atoms with Crippen molar-refractivity contribution in [2.45, 2.75) is 31.8 Å². The van der Waals surface area contributed by atoms with E-state index in [-0.39, 0.29) is 17.9 Å². The summed E-state index contributed by atoms with van der Waals surface area (Å²) in [6.07, 6.45) is 2.03. The summed E-state index contributed by atoms with van der Waals surface area (Å²) in [4.78, 5) is 24.6. The van der Waals surface area contributed by atoms with Gasteiger partial charge in [-0.15, -0.1) is 0 Å². The molecule has 2 aromatic carbocycles. The van der Waals surface area contributed by atoms with Crippen molar-refractivity contribution < 1.29 is 14.1 Å². The van der Waals surface area contributed by atoms with E-state index in [0.717, 1.165) is 23.8 Å². The van der Waals surface area contributed by atoms with Gasteiger partial charge in [0.2, 0.25) is 5.91 Å². The number of rotatable bonds is 5. The lowest BCUT2D eigenvalue weighted by molar-refractivity contribution is -0.122. The number of aromatic nitrogens is 1. The van der Waals surface area contributed by atoms with Crippen LogP contribution in [0.3, 0.4) is 0 Å². The molecule has 6 heteroatoms. The summed E-state index contributed by atoms with van der Waals surface area (Å²) in [6, 6.07) is 14.5. The molecule has 2 amide bonds. The minimum atomic E-state index is -0.588. The van der Waals surface area contributed by atoms with Crippen LogP contribution < -0.4 is 10.6 Å². The Bertz CT molecular complexity index is 961. The molecule has 0 radical (unpaired) electrons. The van der Waals surface area contributed by atoms with Crippen molar-refractivity contribution in [2.75, 3.05) is 0 Å². The van der Waals surface area contributed by atoms with Crippen LogP contribution in [0.1, 0.15) is 30.1 Å². The second-order valence-electron chi connectivity index (χ2n) is 6.59. The van der Waals surface area contributed by atoms with E-state index in [1.807, 2.05) is 30.3 Å². The average molecular weight is 349 g/mol. The van der Waals surface area contributed by atoms with Crippen LogP contribution in [0.15, 0.2) is 53.1 Å². The number of nitrogens with zero attached hydrogens (tertiary/aromatic N) is 1. The Hall–Kier alpha value is -3.15. The summed E-state index contributed by atoms with van der Waals surface area (Å²) in [6.45, 7) is 1.68. The van der Waals surface area contributed by atoms with Crippen molar-refractivity contribution in [1.29, 1.82) is 0 Å². The summed E-state index contributed by atoms with van der Waals surface area (Å²) in [5.74, 6) is 0.164. The van der Waals surface area contributed by atoms with E-state index in [4.69, 9.17) is 4.52 Å². The Kier molecular flexibility index (Phi) is 4.16. The molecule has 132 valence electrons. The minimum Gasteiger partial charge on any atom is -0.355 e. The van der Waals surface area contributed by atoms with Crippen LogP contribution in [0.5, 0.6) is 0 Å². The molecule has 2 N–H and O–H groups in total. The number of fused-ring (bicyclic) bond motifs is 1. The molecule has 1 heterocycles. The minimum absolute atomic E-state index is 0.156. The third-order valence-corrected chi connectivity index (χ3v) is 4.44. The molecule has 1 aliphatic rings. The number of hydrogen-bond acceptors (Lipinski definition) is 4. The van der Waals surface area contributed by atoms with Crippen molar-refractivity contribution in [3.63, 3.8) is 0 Å². The standard InChI is InChI=1S/C20H19N3O3/c1-12(19(24)22-15-8-9-15)21-20(25)14-7-10-17-16(11-14)18(26-23-17)13-5-3-2-4-6-13/h2-7,10-12,15H,8-9H2,1H3,(H,21,25)(H,22,24)/t12-/m1/s1. The van der Waals surface area contributed by atoms with Crippen LogP contribution in [0.4, 0.5) is 0 Å². The monoisotopic (exact) mass is 349 g/mol. The maximum Gasteiger partial charge on any atom is 0.251 e. The quantitative estimate of drug-likeness (QED) is 0.742. The number of hydrogen-bond donors (Lipinski definition) is 2. The first-order valence-corrected chi connectivity index (χ1v) is 8.68. The number of benzene rings is 2. The molecule has 6 nitrogen and oxygen atoms in total. The van der Waals surface area contributed by atoms with Gasteiger partial charge in [-0.2, -0.15) is 0 Å². The second kappa shape index (κ2) is 6.63. The van der Waals surface area contributed by atoms with Gasteiger partial charge in [0, 0.05) is 17.2 Å². The molecule has 1 saturated carbocycles. The van der Waals surface area contributed by atoms with E-state index >= 15 is 0 Å². The smallest absolute Gasteiger partial charge is 0.251 e. The molecular formula is C20H19N3O3. The van der Waals surface area contributed by atoms with Gasteiger partial charge in [-0.1, -0.05) is 35.5 Å². The molecule has 1 aromatic heterocycles. The van der Waals surface area contributed by atoms with Gasteiger partial charge in [-0.05, 0) is 38.0 Å². The first-order valence-electron chi connectivity index (χ1n) is 8.68. The van der Waals surface area contributed by atoms with Crippen LogP contribution in [0, 0.1) is 0 Å². The van der Waals surface area contributed by atoms with Crippen LogP contribution >= 0.6 is 0 Å². The second-order valence-corrected chi connectivity index (χ2v) is 6.59. The van der Waals surface area contributed by atoms with Crippen molar-refractivity contribution >= 4 is 22.7 Å². The highest BCUT2D eigenvalue weighted by Gasteiger charge is 2.26. The van der Waals surface area contributed by atoms with Crippen molar-refractivity contribution in [3.05, 3.63) is 54.1 Å². The molecule has 1 atom stereocenters. The predicted octanol–water partition coefficient (Wildman–Crippen LogP) is 2.89. The van der Waals surface area contributed by atoms with Crippen LogP contribution in [-0.4, -0.2) is 29.1 Å². The van der Waals surface area contributed by atoms with Crippen molar-refractivity contribution in [1.82, 2.24) is 15.8 Å². The number of nitrogens with one attached hydrogen (secondary N) is 2. The highest BCUT2D eigenvalue weighted by molar-refractivity contribution is 6.02. The van der Waals surface area contributed by atoms with Gasteiger partial charge in [-0.3, -0.25) is 9.59 Å².